The van der Waals surface area contributed by atoms with Gasteiger partial charge in [-0.3, -0.25) is 4.79 Å². The van der Waals surface area contributed by atoms with E-state index in [1.807, 2.05) is 0 Å². The van der Waals surface area contributed by atoms with Crippen molar-refractivity contribution in [2.24, 2.45) is 0 Å². The Morgan fingerprint density at radius 2 is 2.09 bits per heavy atom. The summed E-state index contributed by atoms with van der Waals surface area (Å²) in [5.74, 6) is -0.682. The van der Waals surface area contributed by atoms with Crippen LogP contribution >= 0.6 is 0 Å². The van der Waals surface area contributed by atoms with Crippen LogP contribution in [0.4, 0.5) is 4.39 Å². The Bertz CT molecular complexity index is 707. The molecule has 0 spiro atoms. The maximum absolute atomic E-state index is 12.9. The number of halogens is 1. The normalized spacial score (nSPS) is 18.6. The largest absolute Gasteiger partial charge is 0.411 e. The molecule has 0 atom stereocenters. The number of hydrogen-bond donors (Lipinski definition) is 1. The van der Waals surface area contributed by atoms with E-state index >= 15 is 0 Å². The van der Waals surface area contributed by atoms with Gasteiger partial charge in [0.15, 0.2) is 0 Å². The number of rotatable bonds is 4. The number of aromatic nitrogens is 3. The minimum atomic E-state index is -0.449. The van der Waals surface area contributed by atoms with Crippen LogP contribution in [0.5, 0.6) is 0 Å². The van der Waals surface area contributed by atoms with Gasteiger partial charge < -0.3 is 14.6 Å². The van der Waals surface area contributed by atoms with Crippen LogP contribution in [-0.2, 0) is 0 Å². The van der Waals surface area contributed by atoms with Gasteiger partial charge in [0.25, 0.3) is 5.89 Å². The quantitative estimate of drug-likeness (QED) is 0.913. The van der Waals surface area contributed by atoms with E-state index in [-0.39, 0.29) is 17.7 Å². The topological polar surface area (TPSA) is 84.1 Å². The standard InChI is InChI=1S/C15H16FN5O2/c16-9-4-5-12(17-6-9)13-19-20-14(23-13)15(22)21-7-11(8-21)18-10-2-1-3-10/h4-6,10-11,18H,1-3,7-8H2. The Morgan fingerprint density at radius 3 is 2.74 bits per heavy atom. The number of carbonyl (C=O) groups excluding carboxylic acids is 1. The fourth-order valence-corrected chi connectivity index (χ4v) is 2.71. The first-order chi connectivity index (χ1) is 11.2. The summed E-state index contributed by atoms with van der Waals surface area (Å²) in [6.45, 7) is 1.31. The summed E-state index contributed by atoms with van der Waals surface area (Å²) in [5, 5.41) is 11.1. The second kappa shape index (κ2) is 5.69. The highest BCUT2D eigenvalue weighted by atomic mass is 19.1. The zero-order valence-corrected chi connectivity index (χ0v) is 12.4. The molecular formula is C15H16FN5O2. The average molecular weight is 317 g/mol. The van der Waals surface area contributed by atoms with Crippen molar-refractivity contribution < 1.29 is 13.6 Å². The van der Waals surface area contributed by atoms with Crippen molar-refractivity contribution in [2.45, 2.75) is 31.3 Å². The molecule has 4 rings (SSSR count). The third-order valence-corrected chi connectivity index (χ3v) is 4.30. The summed E-state index contributed by atoms with van der Waals surface area (Å²) in [6, 6.07) is 3.64. The van der Waals surface area contributed by atoms with Crippen molar-refractivity contribution in [1.29, 1.82) is 0 Å². The van der Waals surface area contributed by atoms with Crippen molar-refractivity contribution in [3.8, 4) is 11.6 Å². The van der Waals surface area contributed by atoms with Gasteiger partial charge in [-0.1, -0.05) is 6.42 Å². The van der Waals surface area contributed by atoms with E-state index in [1.54, 1.807) is 4.90 Å². The van der Waals surface area contributed by atoms with Gasteiger partial charge in [0.1, 0.15) is 11.5 Å². The Labute approximate surface area is 131 Å². The van der Waals surface area contributed by atoms with Crippen molar-refractivity contribution in [1.82, 2.24) is 25.4 Å². The van der Waals surface area contributed by atoms with Crippen molar-refractivity contribution in [3.63, 3.8) is 0 Å². The second-order valence-corrected chi connectivity index (χ2v) is 5.98. The van der Waals surface area contributed by atoms with Crippen LogP contribution in [0.2, 0.25) is 0 Å². The van der Waals surface area contributed by atoms with Crippen LogP contribution in [0.25, 0.3) is 11.6 Å². The number of pyridine rings is 1. The number of hydrogen-bond acceptors (Lipinski definition) is 6. The van der Waals surface area contributed by atoms with Crippen LogP contribution in [0, 0.1) is 5.82 Å². The molecule has 1 saturated carbocycles. The number of likely N-dealkylation sites (tertiary alicyclic amines) is 1. The highest BCUT2D eigenvalue weighted by Crippen LogP contribution is 2.22. The summed E-state index contributed by atoms with van der Waals surface area (Å²) >= 11 is 0. The van der Waals surface area contributed by atoms with Crippen molar-refractivity contribution >= 4 is 5.91 Å². The Balaban J connectivity index is 1.37. The SMILES string of the molecule is O=C(c1nnc(-c2ccc(F)cn2)o1)N1CC(NC2CCC2)C1. The Hall–Kier alpha value is -2.35. The predicted octanol–water partition coefficient (Wildman–Crippen LogP) is 1.24. The summed E-state index contributed by atoms with van der Waals surface area (Å²) in [7, 11) is 0. The first kappa shape index (κ1) is 14.3. The van der Waals surface area contributed by atoms with Gasteiger partial charge in [0.05, 0.1) is 6.20 Å². The minimum absolute atomic E-state index is 0.0618. The van der Waals surface area contributed by atoms with E-state index in [0.29, 0.717) is 30.9 Å². The number of carbonyl (C=O) groups is 1. The van der Waals surface area contributed by atoms with Crippen LogP contribution in [0.15, 0.2) is 22.7 Å². The number of nitrogens with zero attached hydrogens (tertiary/aromatic N) is 4. The molecule has 120 valence electrons. The summed E-state index contributed by atoms with van der Waals surface area (Å²) < 4.78 is 18.2. The molecule has 0 radical (unpaired) electrons. The van der Waals surface area contributed by atoms with Gasteiger partial charge >= 0.3 is 11.8 Å². The first-order valence-electron chi connectivity index (χ1n) is 7.70. The lowest BCUT2D eigenvalue weighted by atomic mass is 9.91. The van der Waals surface area contributed by atoms with Crippen LogP contribution in [0.3, 0.4) is 0 Å². The minimum Gasteiger partial charge on any atom is -0.411 e. The Morgan fingerprint density at radius 1 is 1.26 bits per heavy atom. The van der Waals surface area contributed by atoms with Crippen LogP contribution < -0.4 is 5.32 Å². The molecule has 2 aromatic rings. The third-order valence-electron chi connectivity index (χ3n) is 4.30. The molecule has 8 heteroatoms. The first-order valence-corrected chi connectivity index (χ1v) is 7.70. The van der Waals surface area contributed by atoms with Crippen molar-refractivity contribution in [2.75, 3.05) is 13.1 Å². The monoisotopic (exact) mass is 317 g/mol. The zero-order chi connectivity index (χ0) is 15.8. The summed E-state index contributed by atoms with van der Waals surface area (Å²) in [5.41, 5.74) is 0.339. The van der Waals surface area contributed by atoms with E-state index in [9.17, 15) is 9.18 Å². The van der Waals surface area contributed by atoms with E-state index in [0.717, 1.165) is 6.20 Å². The van der Waals surface area contributed by atoms with Gasteiger partial charge in [-0.2, -0.15) is 0 Å². The fraction of sp³-hybridized carbons (Fsp3) is 0.467. The van der Waals surface area contributed by atoms with Gasteiger partial charge in [-0.05, 0) is 25.0 Å². The second-order valence-electron chi connectivity index (χ2n) is 5.98. The molecule has 0 unspecified atom stereocenters. The molecule has 1 aliphatic carbocycles. The fourth-order valence-electron chi connectivity index (χ4n) is 2.71. The third kappa shape index (κ3) is 2.81. The molecule has 3 heterocycles. The molecule has 23 heavy (non-hydrogen) atoms. The Kier molecular flexibility index (Phi) is 3.53. The van der Waals surface area contributed by atoms with E-state index in [1.165, 1.54) is 31.4 Å². The van der Waals surface area contributed by atoms with Gasteiger partial charge in [0.2, 0.25) is 0 Å². The highest BCUT2D eigenvalue weighted by molar-refractivity contribution is 5.90. The molecule has 0 aromatic carbocycles. The van der Waals surface area contributed by atoms with Gasteiger partial charge in [-0.25, -0.2) is 9.37 Å². The smallest absolute Gasteiger partial charge is 0.311 e. The maximum atomic E-state index is 12.9. The lowest BCUT2D eigenvalue weighted by Crippen LogP contribution is -2.62. The number of amides is 1. The molecule has 0 bridgehead atoms. The van der Waals surface area contributed by atoms with E-state index in [4.69, 9.17) is 4.42 Å². The lowest BCUT2D eigenvalue weighted by molar-refractivity contribution is 0.0494. The van der Waals surface area contributed by atoms with Crippen LogP contribution in [-0.4, -0.2) is 51.2 Å². The van der Waals surface area contributed by atoms with Crippen molar-refractivity contribution in [3.05, 3.63) is 30.0 Å². The highest BCUT2D eigenvalue weighted by Gasteiger charge is 2.35. The maximum Gasteiger partial charge on any atom is 0.311 e. The summed E-state index contributed by atoms with van der Waals surface area (Å²) in [4.78, 5) is 17.8. The number of nitrogens with one attached hydrogen (secondary N) is 1. The molecule has 1 N–H and O–H groups in total. The van der Waals surface area contributed by atoms with Crippen LogP contribution in [0.1, 0.15) is 29.9 Å². The summed E-state index contributed by atoms with van der Waals surface area (Å²) in [6.07, 6.45) is 4.80. The molecular weight excluding hydrogens is 301 g/mol. The molecule has 2 aliphatic rings. The molecule has 1 saturated heterocycles. The van der Waals surface area contributed by atoms with Gasteiger partial charge in [-0.15, -0.1) is 10.2 Å². The predicted molar refractivity (Wildman–Crippen MR) is 78.0 cm³/mol. The zero-order valence-electron chi connectivity index (χ0n) is 12.4. The lowest BCUT2D eigenvalue weighted by Gasteiger charge is -2.42. The molecule has 7 nitrogen and oxygen atoms in total. The van der Waals surface area contributed by atoms with E-state index in [2.05, 4.69) is 20.5 Å². The van der Waals surface area contributed by atoms with E-state index < -0.39 is 5.82 Å². The average Bonchev–Trinajstić information content (AvgIpc) is 2.94. The van der Waals surface area contributed by atoms with Gasteiger partial charge in [0, 0.05) is 25.2 Å². The molecule has 1 aliphatic heterocycles. The molecule has 2 fully saturated rings. The molecule has 2 aromatic heterocycles. The molecule has 1 amide bonds.